The third-order valence-corrected chi connectivity index (χ3v) is 2.83. The first-order valence-corrected chi connectivity index (χ1v) is 6.38. The summed E-state index contributed by atoms with van der Waals surface area (Å²) < 4.78 is 5.03. The van der Waals surface area contributed by atoms with Crippen LogP contribution in [0.25, 0.3) is 0 Å². The summed E-state index contributed by atoms with van der Waals surface area (Å²) in [5.74, 6) is 1.52. The third kappa shape index (κ3) is 5.84. The molecule has 0 heterocycles. The smallest absolute Gasteiger partial charge is 0.497 e. The van der Waals surface area contributed by atoms with Gasteiger partial charge in [-0.25, -0.2) is 0 Å². The van der Waals surface area contributed by atoms with Gasteiger partial charge in [0.25, 0.3) is 0 Å². The van der Waals surface area contributed by atoms with Crippen LogP contribution in [0.3, 0.4) is 0 Å². The van der Waals surface area contributed by atoms with Gasteiger partial charge < -0.3 is 4.74 Å². The normalized spacial score (nSPS) is 17.6. The number of ether oxygens (including phenoxy) is 1. The summed E-state index contributed by atoms with van der Waals surface area (Å²) in [4.78, 5) is 11.9. The molecular weight excluding hydrogens is 304 g/mol. The van der Waals surface area contributed by atoms with E-state index in [1.807, 2.05) is 57.8 Å². The summed E-state index contributed by atoms with van der Waals surface area (Å²) >= 11 is 0. The van der Waals surface area contributed by atoms with Crippen molar-refractivity contribution >= 4 is 5.78 Å². The van der Waals surface area contributed by atoms with E-state index in [0.717, 1.165) is 11.7 Å². The Morgan fingerprint density at radius 2 is 1.29 bits per heavy atom. The molecule has 2 aliphatic carbocycles. The molecule has 3 heteroatoms. The molecule has 0 bridgehead atoms. The van der Waals surface area contributed by atoms with Gasteiger partial charge in [0, 0.05) is 5.56 Å². The number of ketones is 1. The average Bonchev–Trinajstić information content (AvgIpc) is 3.21. The second kappa shape index (κ2) is 10.0. The zero-order chi connectivity index (χ0) is 14.2. The summed E-state index contributed by atoms with van der Waals surface area (Å²) in [5, 5.41) is 0. The topological polar surface area (TPSA) is 26.3 Å². The SMILES string of the molecule is COc1ccc(C(=O)[C]2[CH][CH][CH][CH]2)cc1.[CH]1[CH][CH][CH][CH]1.[Fe+2]. The molecule has 10 radical (unpaired) electrons. The minimum Gasteiger partial charge on any atom is -0.497 e. The Kier molecular flexibility index (Phi) is 8.71. The Hall–Kier alpha value is -0.791. The minimum absolute atomic E-state index is 0. The quantitative estimate of drug-likeness (QED) is 0.631. The Labute approximate surface area is 139 Å². The first-order chi connectivity index (χ1) is 9.81. The van der Waals surface area contributed by atoms with Crippen LogP contribution in [0.1, 0.15) is 10.4 Å². The monoisotopic (exact) mass is 320 g/mol. The number of hydrogen-bond acceptors (Lipinski definition) is 2. The molecule has 1 aromatic carbocycles. The fourth-order valence-electron chi connectivity index (χ4n) is 1.76. The summed E-state index contributed by atoms with van der Waals surface area (Å²) in [6.07, 6.45) is 17.3. The standard InChI is InChI=1S/C13H11O2.C5H5.Fe/c1-15-12-8-6-11(7-9-12)13(14)10-4-2-3-5-10;1-2-4-5-3-1;/h2-9H,1H3;1-5H;/q;;+2. The van der Waals surface area contributed by atoms with E-state index in [2.05, 4.69) is 0 Å². The van der Waals surface area contributed by atoms with Crippen molar-refractivity contribution < 1.29 is 26.6 Å². The molecule has 106 valence electrons. The molecule has 0 aromatic heterocycles. The molecule has 0 N–H and O–H groups in total. The Bertz CT molecular complexity index is 396. The molecule has 0 atom stereocenters. The van der Waals surface area contributed by atoms with Crippen molar-refractivity contribution in [3.8, 4) is 5.75 Å². The van der Waals surface area contributed by atoms with E-state index < -0.39 is 0 Å². The first-order valence-electron chi connectivity index (χ1n) is 6.38. The van der Waals surface area contributed by atoms with Crippen molar-refractivity contribution in [1.82, 2.24) is 0 Å². The van der Waals surface area contributed by atoms with Crippen LogP contribution in [-0.4, -0.2) is 12.9 Å². The van der Waals surface area contributed by atoms with Crippen molar-refractivity contribution in [3.05, 3.63) is 93.5 Å². The predicted octanol–water partition coefficient (Wildman–Crippen LogP) is 3.30. The van der Waals surface area contributed by atoms with Gasteiger partial charge in [0.2, 0.25) is 0 Å². The number of rotatable bonds is 3. The number of Topliss-reactive ketones (excluding diaryl/α,β-unsaturated/α-hetero) is 1. The molecule has 0 spiro atoms. The van der Waals surface area contributed by atoms with Gasteiger partial charge in [0.05, 0.1) is 13.0 Å². The number of methoxy groups -OCH3 is 1. The van der Waals surface area contributed by atoms with Gasteiger partial charge in [0.1, 0.15) is 5.75 Å². The van der Waals surface area contributed by atoms with Crippen molar-refractivity contribution in [3.63, 3.8) is 0 Å². The average molecular weight is 320 g/mol. The molecule has 2 saturated carbocycles. The molecule has 3 rings (SSSR count). The van der Waals surface area contributed by atoms with Gasteiger partial charge in [-0.05, 0) is 82.1 Å². The summed E-state index contributed by atoms with van der Waals surface area (Å²) in [6, 6.07) is 7.12. The van der Waals surface area contributed by atoms with E-state index in [4.69, 9.17) is 4.74 Å². The fraction of sp³-hybridized carbons (Fsp3) is 0.0556. The van der Waals surface area contributed by atoms with E-state index in [1.165, 1.54) is 0 Å². The van der Waals surface area contributed by atoms with Gasteiger partial charge in [-0.15, -0.1) is 0 Å². The second-order valence-electron chi connectivity index (χ2n) is 4.19. The third-order valence-electron chi connectivity index (χ3n) is 2.83. The van der Waals surface area contributed by atoms with Crippen LogP contribution in [0, 0.1) is 63.7 Å². The van der Waals surface area contributed by atoms with Crippen LogP contribution in [0.5, 0.6) is 5.75 Å². The number of carbonyl (C=O) groups excluding carboxylic acids is 1. The molecule has 0 aliphatic heterocycles. The maximum Gasteiger partial charge on any atom is 2.00 e. The van der Waals surface area contributed by atoms with Crippen LogP contribution in [0.2, 0.25) is 0 Å². The Morgan fingerprint density at radius 3 is 1.71 bits per heavy atom. The van der Waals surface area contributed by atoms with Gasteiger partial charge in [-0.2, -0.15) is 0 Å². The van der Waals surface area contributed by atoms with Gasteiger partial charge in [-0.1, -0.05) is 0 Å². The van der Waals surface area contributed by atoms with Crippen molar-refractivity contribution in [1.29, 1.82) is 0 Å². The zero-order valence-corrected chi connectivity index (χ0v) is 12.8. The summed E-state index contributed by atoms with van der Waals surface area (Å²) in [5.41, 5.74) is 0.682. The van der Waals surface area contributed by atoms with Gasteiger partial charge >= 0.3 is 17.1 Å². The van der Waals surface area contributed by atoms with Crippen LogP contribution in [0.4, 0.5) is 0 Å². The fourth-order valence-corrected chi connectivity index (χ4v) is 1.76. The Morgan fingerprint density at radius 1 is 0.810 bits per heavy atom. The van der Waals surface area contributed by atoms with Crippen LogP contribution >= 0.6 is 0 Å². The van der Waals surface area contributed by atoms with E-state index in [-0.39, 0.29) is 22.9 Å². The number of carbonyl (C=O) groups is 1. The van der Waals surface area contributed by atoms with Crippen LogP contribution in [0.15, 0.2) is 24.3 Å². The first kappa shape index (κ1) is 18.3. The molecule has 21 heavy (non-hydrogen) atoms. The summed E-state index contributed by atoms with van der Waals surface area (Å²) in [6.45, 7) is 0. The molecule has 2 fully saturated rings. The van der Waals surface area contributed by atoms with E-state index in [9.17, 15) is 4.79 Å². The largest absolute Gasteiger partial charge is 2.00 e. The number of hydrogen-bond donors (Lipinski definition) is 0. The molecular formula is C18H16FeO2+2. The maximum absolute atomic E-state index is 11.9. The van der Waals surface area contributed by atoms with Crippen molar-refractivity contribution in [2.45, 2.75) is 0 Å². The summed E-state index contributed by atoms with van der Waals surface area (Å²) in [7, 11) is 1.61. The van der Waals surface area contributed by atoms with E-state index >= 15 is 0 Å². The molecule has 0 amide bonds. The molecule has 0 saturated heterocycles. The van der Waals surface area contributed by atoms with Crippen molar-refractivity contribution in [2.75, 3.05) is 7.11 Å². The van der Waals surface area contributed by atoms with Gasteiger partial charge in [0.15, 0.2) is 5.78 Å². The van der Waals surface area contributed by atoms with Crippen LogP contribution in [-0.2, 0) is 17.1 Å². The number of benzene rings is 1. The van der Waals surface area contributed by atoms with E-state index in [1.54, 1.807) is 31.4 Å². The zero-order valence-electron chi connectivity index (χ0n) is 11.7. The Balaban J connectivity index is 0.000000313. The molecule has 2 aliphatic rings. The van der Waals surface area contributed by atoms with E-state index in [0.29, 0.717) is 5.56 Å². The van der Waals surface area contributed by atoms with Gasteiger partial charge in [-0.3, -0.25) is 4.79 Å². The van der Waals surface area contributed by atoms with Crippen LogP contribution < -0.4 is 4.74 Å². The maximum atomic E-state index is 11.9. The second-order valence-corrected chi connectivity index (χ2v) is 4.19. The predicted molar refractivity (Wildman–Crippen MR) is 79.3 cm³/mol. The molecule has 1 aromatic rings. The minimum atomic E-state index is 0. The molecule has 0 unspecified atom stereocenters. The molecule has 2 nitrogen and oxygen atoms in total. The van der Waals surface area contributed by atoms with Crippen molar-refractivity contribution in [2.24, 2.45) is 0 Å².